The van der Waals surface area contributed by atoms with Gasteiger partial charge >= 0.3 is 5.97 Å². The molecule has 5 nitrogen and oxygen atoms in total. The summed E-state index contributed by atoms with van der Waals surface area (Å²) in [6.07, 6.45) is 1.68. The average molecular weight is 492 g/mol. The van der Waals surface area contributed by atoms with Gasteiger partial charge in [0.05, 0.1) is 6.61 Å². The van der Waals surface area contributed by atoms with Gasteiger partial charge in [0.2, 0.25) is 5.90 Å². The molecule has 1 aliphatic heterocycles. The number of hydrogen-bond acceptors (Lipinski definition) is 5. The van der Waals surface area contributed by atoms with Gasteiger partial charge in [0.25, 0.3) is 0 Å². The van der Waals surface area contributed by atoms with Gasteiger partial charge in [0, 0.05) is 10.0 Å². The van der Waals surface area contributed by atoms with Crippen LogP contribution in [0.5, 0.6) is 11.5 Å². The van der Waals surface area contributed by atoms with Crippen LogP contribution < -0.4 is 9.47 Å². The lowest BCUT2D eigenvalue weighted by molar-refractivity contribution is -0.129. The quantitative estimate of drug-likeness (QED) is 0.296. The zero-order chi connectivity index (χ0) is 22.5. The van der Waals surface area contributed by atoms with Crippen molar-refractivity contribution < 1.29 is 19.0 Å². The molecule has 4 rings (SSSR count). The number of carbonyl (C=O) groups excluding carboxylic acids is 1. The number of nitrogens with zero attached hydrogens (tertiary/aromatic N) is 1. The van der Waals surface area contributed by atoms with Crippen molar-refractivity contribution in [2.24, 2.45) is 4.99 Å². The van der Waals surface area contributed by atoms with E-state index in [1.54, 1.807) is 6.08 Å². The molecule has 0 saturated carbocycles. The second-order valence-corrected chi connectivity index (χ2v) is 8.11. The summed E-state index contributed by atoms with van der Waals surface area (Å²) in [5.41, 5.74) is 4.03. The molecular formula is C26H22BrNO4. The predicted molar refractivity (Wildman–Crippen MR) is 128 cm³/mol. The van der Waals surface area contributed by atoms with Crippen LogP contribution in [-0.2, 0) is 16.1 Å². The smallest absolute Gasteiger partial charge is 0.363 e. The number of halogens is 1. The van der Waals surface area contributed by atoms with Crippen LogP contribution >= 0.6 is 15.9 Å². The molecule has 0 saturated heterocycles. The van der Waals surface area contributed by atoms with E-state index >= 15 is 0 Å². The Labute approximate surface area is 195 Å². The van der Waals surface area contributed by atoms with E-state index in [0.717, 1.165) is 21.2 Å². The van der Waals surface area contributed by atoms with E-state index in [1.807, 2.05) is 67.6 Å². The van der Waals surface area contributed by atoms with Gasteiger partial charge in [-0.3, -0.25) is 0 Å². The molecule has 0 bridgehead atoms. The fourth-order valence-corrected chi connectivity index (χ4v) is 3.48. The van der Waals surface area contributed by atoms with Crippen molar-refractivity contribution in [3.05, 3.63) is 99.2 Å². The normalized spacial score (nSPS) is 14.3. The number of cyclic esters (lactones) is 1. The Balaban J connectivity index is 1.56. The number of esters is 1. The molecule has 0 radical (unpaired) electrons. The van der Waals surface area contributed by atoms with Crippen molar-refractivity contribution in [2.45, 2.75) is 20.5 Å². The van der Waals surface area contributed by atoms with Crippen LogP contribution in [0, 0.1) is 6.92 Å². The number of rotatable bonds is 7. The number of aryl methyl sites for hydroxylation is 1. The Morgan fingerprint density at radius 2 is 1.78 bits per heavy atom. The van der Waals surface area contributed by atoms with Crippen LogP contribution in [0.25, 0.3) is 6.08 Å². The molecule has 32 heavy (non-hydrogen) atoms. The third-order valence-electron chi connectivity index (χ3n) is 4.93. The minimum Gasteiger partial charge on any atom is -0.490 e. The Hall–Kier alpha value is -3.38. The number of aliphatic imine (C=N–C) groups is 1. The van der Waals surface area contributed by atoms with Crippen molar-refractivity contribution in [2.75, 3.05) is 6.61 Å². The molecule has 0 aromatic heterocycles. The van der Waals surface area contributed by atoms with Crippen LogP contribution in [0.1, 0.15) is 29.2 Å². The molecule has 3 aromatic rings. The summed E-state index contributed by atoms with van der Waals surface area (Å²) in [6, 6.07) is 21.1. The Bertz CT molecular complexity index is 1200. The Morgan fingerprint density at radius 1 is 1.00 bits per heavy atom. The first-order chi connectivity index (χ1) is 15.5. The van der Waals surface area contributed by atoms with Crippen LogP contribution in [0.15, 0.2) is 81.9 Å². The highest BCUT2D eigenvalue weighted by atomic mass is 79.9. The summed E-state index contributed by atoms with van der Waals surface area (Å²) in [6.45, 7) is 4.91. The average Bonchev–Trinajstić information content (AvgIpc) is 3.15. The van der Waals surface area contributed by atoms with Gasteiger partial charge in [0.15, 0.2) is 17.2 Å². The number of benzene rings is 3. The first kappa shape index (κ1) is 21.8. The maximum atomic E-state index is 12.3. The van der Waals surface area contributed by atoms with Gasteiger partial charge in [0.1, 0.15) is 6.61 Å². The zero-order valence-corrected chi connectivity index (χ0v) is 19.4. The first-order valence-corrected chi connectivity index (χ1v) is 11.1. The van der Waals surface area contributed by atoms with Gasteiger partial charge in [-0.25, -0.2) is 9.79 Å². The zero-order valence-electron chi connectivity index (χ0n) is 17.8. The Kier molecular flexibility index (Phi) is 6.71. The summed E-state index contributed by atoms with van der Waals surface area (Å²) in [7, 11) is 0. The fourth-order valence-electron chi connectivity index (χ4n) is 3.21. The molecule has 0 unspecified atom stereocenters. The topological polar surface area (TPSA) is 57.1 Å². The van der Waals surface area contributed by atoms with Gasteiger partial charge < -0.3 is 14.2 Å². The van der Waals surface area contributed by atoms with E-state index in [4.69, 9.17) is 14.2 Å². The molecule has 0 N–H and O–H groups in total. The second-order valence-electron chi connectivity index (χ2n) is 7.20. The summed E-state index contributed by atoms with van der Waals surface area (Å²) in [5, 5.41) is 0. The van der Waals surface area contributed by atoms with E-state index in [0.29, 0.717) is 24.7 Å². The Morgan fingerprint density at radius 3 is 2.53 bits per heavy atom. The molecule has 0 atom stereocenters. The van der Waals surface area contributed by atoms with Crippen molar-refractivity contribution in [3.63, 3.8) is 0 Å². The number of ether oxygens (including phenoxy) is 3. The van der Waals surface area contributed by atoms with Crippen molar-refractivity contribution in [1.82, 2.24) is 0 Å². The largest absolute Gasteiger partial charge is 0.490 e. The molecule has 162 valence electrons. The van der Waals surface area contributed by atoms with Crippen LogP contribution in [-0.4, -0.2) is 18.5 Å². The van der Waals surface area contributed by atoms with Crippen molar-refractivity contribution in [3.8, 4) is 11.5 Å². The van der Waals surface area contributed by atoms with Crippen molar-refractivity contribution in [1.29, 1.82) is 0 Å². The molecule has 0 amide bonds. The third kappa shape index (κ3) is 5.08. The highest BCUT2D eigenvalue weighted by Gasteiger charge is 2.24. The van der Waals surface area contributed by atoms with Crippen LogP contribution in [0.3, 0.4) is 0 Å². The van der Waals surface area contributed by atoms with Gasteiger partial charge in [-0.1, -0.05) is 46.3 Å². The minimum absolute atomic E-state index is 0.235. The van der Waals surface area contributed by atoms with Crippen LogP contribution in [0.2, 0.25) is 0 Å². The maximum Gasteiger partial charge on any atom is 0.363 e. The summed E-state index contributed by atoms with van der Waals surface area (Å²) in [5.74, 6) is 1.06. The lowest BCUT2D eigenvalue weighted by Gasteiger charge is -2.13. The number of carbonyl (C=O) groups is 1. The van der Waals surface area contributed by atoms with Gasteiger partial charge in [-0.2, -0.15) is 0 Å². The minimum atomic E-state index is -0.485. The van der Waals surface area contributed by atoms with E-state index in [9.17, 15) is 4.79 Å². The molecule has 1 aliphatic rings. The first-order valence-electron chi connectivity index (χ1n) is 10.3. The SMILES string of the molecule is CCOc1cc(/C=C2\N=C(c3ccc(Br)cc3)OC2=O)ccc1OCc1ccccc1C. The van der Waals surface area contributed by atoms with Crippen molar-refractivity contribution >= 4 is 33.9 Å². The maximum absolute atomic E-state index is 12.3. The molecule has 0 spiro atoms. The predicted octanol–water partition coefficient (Wildman–Crippen LogP) is 6.08. The standard InChI is InChI=1S/C26H22BrNO4/c1-3-30-24-15-18(8-13-23(24)31-16-20-7-5-4-6-17(20)2)14-22-26(29)32-25(28-22)19-9-11-21(27)12-10-19/h4-15H,3,16H2,1-2H3/b22-14-. The van der Waals surface area contributed by atoms with Gasteiger partial charge in [-0.05, 0) is 73.0 Å². The van der Waals surface area contributed by atoms with E-state index in [2.05, 4.69) is 33.9 Å². The lowest BCUT2D eigenvalue weighted by Crippen LogP contribution is -2.05. The number of hydrogen-bond donors (Lipinski definition) is 0. The van der Waals surface area contributed by atoms with E-state index in [-0.39, 0.29) is 11.6 Å². The van der Waals surface area contributed by atoms with E-state index in [1.165, 1.54) is 5.56 Å². The highest BCUT2D eigenvalue weighted by molar-refractivity contribution is 9.10. The van der Waals surface area contributed by atoms with E-state index < -0.39 is 5.97 Å². The fraction of sp³-hybridized carbons (Fsp3) is 0.154. The molecule has 0 aliphatic carbocycles. The summed E-state index contributed by atoms with van der Waals surface area (Å²) >= 11 is 3.39. The molecule has 6 heteroatoms. The summed E-state index contributed by atoms with van der Waals surface area (Å²) in [4.78, 5) is 16.7. The molecule has 3 aromatic carbocycles. The van der Waals surface area contributed by atoms with Crippen LogP contribution in [0.4, 0.5) is 0 Å². The third-order valence-corrected chi connectivity index (χ3v) is 5.46. The highest BCUT2D eigenvalue weighted by Crippen LogP contribution is 2.31. The molecule has 1 heterocycles. The van der Waals surface area contributed by atoms with Gasteiger partial charge in [-0.15, -0.1) is 0 Å². The summed E-state index contributed by atoms with van der Waals surface area (Å²) < 4.78 is 18.1. The monoisotopic (exact) mass is 491 g/mol. The molecular weight excluding hydrogens is 470 g/mol. The lowest BCUT2D eigenvalue weighted by atomic mass is 10.1. The molecule has 0 fully saturated rings. The second kappa shape index (κ2) is 9.83.